The van der Waals surface area contributed by atoms with Crippen LogP contribution in [0.4, 0.5) is 0 Å². The monoisotopic (exact) mass is 337 g/mol. The third-order valence-corrected chi connectivity index (χ3v) is 4.42. The van der Waals surface area contributed by atoms with Gasteiger partial charge in [-0.2, -0.15) is 5.10 Å². The highest BCUT2D eigenvalue weighted by atomic mass is 16.1. The zero-order chi connectivity index (χ0) is 17.1. The number of rotatable bonds is 4. The highest BCUT2D eigenvalue weighted by molar-refractivity contribution is 5.82. The van der Waals surface area contributed by atoms with Gasteiger partial charge in [0.1, 0.15) is 0 Å². The molecule has 8 heteroatoms. The van der Waals surface area contributed by atoms with Crippen molar-refractivity contribution in [1.82, 2.24) is 35.3 Å². The fourth-order valence-corrected chi connectivity index (χ4v) is 3.09. The van der Waals surface area contributed by atoms with Crippen molar-refractivity contribution in [3.63, 3.8) is 0 Å². The Morgan fingerprint density at radius 2 is 2.12 bits per heavy atom. The number of hydrogen-bond donors (Lipinski definition) is 1. The summed E-state index contributed by atoms with van der Waals surface area (Å²) in [7, 11) is 0. The van der Waals surface area contributed by atoms with Crippen molar-refractivity contribution in [3.05, 3.63) is 54.1 Å². The number of nitrogens with zero attached hydrogens (tertiary/aromatic N) is 6. The minimum Gasteiger partial charge on any atom is -0.351 e. The molecule has 128 valence electrons. The largest absolute Gasteiger partial charge is 0.351 e. The molecule has 0 spiro atoms. The summed E-state index contributed by atoms with van der Waals surface area (Å²) < 4.78 is 3.54. The molecule has 0 unspecified atom stereocenters. The van der Waals surface area contributed by atoms with Gasteiger partial charge in [-0.25, -0.2) is 9.36 Å². The molecule has 0 saturated carbocycles. The van der Waals surface area contributed by atoms with Crippen LogP contribution in [0.3, 0.4) is 0 Å². The number of hydrogen-bond acceptors (Lipinski definition) is 5. The summed E-state index contributed by atoms with van der Waals surface area (Å²) in [6, 6.07) is 9.87. The second-order valence-electron chi connectivity index (χ2n) is 6.16. The van der Waals surface area contributed by atoms with Gasteiger partial charge in [-0.1, -0.05) is 24.6 Å². The zero-order valence-electron chi connectivity index (χ0n) is 13.7. The fraction of sp³-hybridized carbons (Fsp3) is 0.353. The molecule has 0 radical (unpaired) electrons. The van der Waals surface area contributed by atoms with E-state index < -0.39 is 0 Å². The van der Waals surface area contributed by atoms with Crippen LogP contribution in [-0.2, 0) is 17.9 Å². The first kappa shape index (κ1) is 15.5. The van der Waals surface area contributed by atoms with Gasteiger partial charge in [-0.15, -0.1) is 5.10 Å². The molecule has 0 bridgehead atoms. The molecule has 1 atom stereocenters. The molecule has 8 nitrogen and oxygen atoms in total. The molecule has 1 N–H and O–H groups in total. The average molecular weight is 337 g/mol. The van der Waals surface area contributed by atoms with Crippen LogP contribution >= 0.6 is 0 Å². The Kier molecular flexibility index (Phi) is 4.24. The first-order valence-electron chi connectivity index (χ1n) is 8.44. The number of aryl methyl sites for hydroxylation is 1. The molecule has 2 aromatic heterocycles. The number of fused-ring (bicyclic) bond motifs is 1. The molecule has 3 aromatic rings. The second kappa shape index (κ2) is 6.84. The lowest BCUT2D eigenvalue weighted by Gasteiger charge is -2.12. The summed E-state index contributed by atoms with van der Waals surface area (Å²) in [6.45, 7) is 1.21. The van der Waals surface area contributed by atoms with E-state index in [0.717, 1.165) is 37.1 Å². The van der Waals surface area contributed by atoms with E-state index in [-0.39, 0.29) is 11.8 Å². The number of para-hydroxylation sites is 1. The summed E-state index contributed by atoms with van der Waals surface area (Å²) in [4.78, 5) is 12.6. The smallest absolute Gasteiger partial charge is 0.231 e. The van der Waals surface area contributed by atoms with Crippen molar-refractivity contribution >= 4 is 5.91 Å². The van der Waals surface area contributed by atoms with E-state index in [1.807, 2.05) is 36.5 Å². The Hall–Kier alpha value is -3.03. The Balaban J connectivity index is 1.42. The zero-order valence-corrected chi connectivity index (χ0v) is 13.7. The number of aromatic nitrogens is 6. The Labute approximate surface area is 144 Å². The number of benzene rings is 1. The lowest BCUT2D eigenvalue weighted by Crippen LogP contribution is -2.30. The Morgan fingerprint density at radius 1 is 1.24 bits per heavy atom. The van der Waals surface area contributed by atoms with Crippen molar-refractivity contribution in [3.8, 4) is 5.69 Å². The lowest BCUT2D eigenvalue weighted by molar-refractivity contribution is -0.123. The molecule has 4 rings (SSSR count). The first-order valence-corrected chi connectivity index (χ1v) is 8.44. The van der Waals surface area contributed by atoms with Gasteiger partial charge in [0.2, 0.25) is 5.91 Å². The second-order valence-corrected chi connectivity index (χ2v) is 6.16. The van der Waals surface area contributed by atoms with E-state index in [1.54, 1.807) is 15.6 Å². The number of nitrogens with one attached hydrogen (secondary N) is 1. The van der Waals surface area contributed by atoms with E-state index in [0.29, 0.717) is 12.4 Å². The lowest BCUT2D eigenvalue weighted by atomic mass is 10.0. The quantitative estimate of drug-likeness (QED) is 0.778. The summed E-state index contributed by atoms with van der Waals surface area (Å²) in [5.74, 6) is 0.335. The molecule has 0 saturated heterocycles. The fourth-order valence-electron chi connectivity index (χ4n) is 3.09. The Bertz CT molecular complexity index is 855. The van der Waals surface area contributed by atoms with E-state index >= 15 is 0 Å². The van der Waals surface area contributed by atoms with Crippen molar-refractivity contribution in [2.45, 2.75) is 38.3 Å². The molecule has 3 heterocycles. The van der Waals surface area contributed by atoms with E-state index in [4.69, 9.17) is 0 Å². The molecule has 0 aliphatic carbocycles. The minimum atomic E-state index is -0.290. The van der Waals surface area contributed by atoms with E-state index in [2.05, 4.69) is 25.9 Å². The number of amides is 1. The molecule has 25 heavy (non-hydrogen) atoms. The van der Waals surface area contributed by atoms with Crippen LogP contribution < -0.4 is 5.32 Å². The number of carbonyl (C=O) groups is 1. The Morgan fingerprint density at radius 3 is 3.00 bits per heavy atom. The molecular formula is C17H19N7O. The number of carbonyl (C=O) groups excluding carboxylic acids is 1. The SMILES string of the molecule is O=C(NCc1cnn(-c2ccccc2)c1)[C@@H]1CCCCn2nnnc21. The standard InChI is InChI=1S/C17H19N7O/c25-17(15-8-4-5-9-23-16(15)20-21-22-23)18-10-13-11-19-24(12-13)14-6-2-1-3-7-14/h1-3,6-7,11-12,15H,4-5,8-10H2,(H,18,25)/t15-/m1/s1. The van der Waals surface area contributed by atoms with Crippen LogP contribution in [-0.4, -0.2) is 35.9 Å². The van der Waals surface area contributed by atoms with Gasteiger partial charge in [0.05, 0.1) is 17.8 Å². The van der Waals surface area contributed by atoms with Crippen molar-refractivity contribution < 1.29 is 4.79 Å². The summed E-state index contributed by atoms with van der Waals surface area (Å²) in [5.41, 5.74) is 1.94. The van der Waals surface area contributed by atoms with Crippen LogP contribution in [0.5, 0.6) is 0 Å². The van der Waals surface area contributed by atoms with Gasteiger partial charge >= 0.3 is 0 Å². The van der Waals surface area contributed by atoms with Crippen molar-refractivity contribution in [2.75, 3.05) is 0 Å². The molecule has 1 aromatic carbocycles. The maximum absolute atomic E-state index is 12.6. The van der Waals surface area contributed by atoms with Crippen LogP contribution in [0.1, 0.15) is 36.6 Å². The van der Waals surface area contributed by atoms with Gasteiger partial charge < -0.3 is 5.32 Å². The van der Waals surface area contributed by atoms with Crippen molar-refractivity contribution in [2.24, 2.45) is 0 Å². The normalized spacial score (nSPS) is 16.9. The van der Waals surface area contributed by atoms with Crippen LogP contribution in [0, 0.1) is 0 Å². The maximum Gasteiger partial charge on any atom is 0.231 e. The predicted octanol–water partition coefficient (Wildman–Crippen LogP) is 1.44. The third-order valence-electron chi connectivity index (χ3n) is 4.42. The first-order chi connectivity index (χ1) is 12.3. The molecule has 1 amide bonds. The van der Waals surface area contributed by atoms with E-state index in [9.17, 15) is 4.79 Å². The maximum atomic E-state index is 12.6. The number of tetrazole rings is 1. The van der Waals surface area contributed by atoms with Crippen molar-refractivity contribution in [1.29, 1.82) is 0 Å². The van der Waals surface area contributed by atoms with Gasteiger partial charge in [0.15, 0.2) is 5.82 Å². The van der Waals surface area contributed by atoms with Gasteiger partial charge in [-0.05, 0) is 35.4 Å². The van der Waals surface area contributed by atoms with E-state index in [1.165, 1.54) is 0 Å². The topological polar surface area (TPSA) is 90.5 Å². The summed E-state index contributed by atoms with van der Waals surface area (Å²) in [6.07, 6.45) is 6.44. The molecule has 1 aliphatic heterocycles. The van der Waals surface area contributed by atoms with Crippen LogP contribution in [0.2, 0.25) is 0 Å². The molecule has 0 fully saturated rings. The highest BCUT2D eigenvalue weighted by Crippen LogP contribution is 2.24. The van der Waals surface area contributed by atoms with Crippen LogP contribution in [0.15, 0.2) is 42.7 Å². The summed E-state index contributed by atoms with van der Waals surface area (Å²) >= 11 is 0. The van der Waals surface area contributed by atoms with Gasteiger partial charge in [-0.3, -0.25) is 4.79 Å². The third kappa shape index (κ3) is 3.28. The average Bonchev–Trinajstić information content (AvgIpc) is 3.26. The molecule has 1 aliphatic rings. The van der Waals surface area contributed by atoms with Gasteiger partial charge in [0, 0.05) is 24.8 Å². The summed E-state index contributed by atoms with van der Waals surface area (Å²) in [5, 5.41) is 19.1. The minimum absolute atomic E-state index is 0.0367. The van der Waals surface area contributed by atoms with Gasteiger partial charge in [0.25, 0.3) is 0 Å². The predicted molar refractivity (Wildman–Crippen MR) is 89.8 cm³/mol. The molecular weight excluding hydrogens is 318 g/mol. The van der Waals surface area contributed by atoms with Crippen LogP contribution in [0.25, 0.3) is 5.69 Å². The highest BCUT2D eigenvalue weighted by Gasteiger charge is 2.28.